The fourth-order valence-electron chi connectivity index (χ4n) is 3.84. The van der Waals surface area contributed by atoms with Crippen molar-refractivity contribution in [1.29, 1.82) is 0 Å². The minimum absolute atomic E-state index is 0.209. The zero-order valence-electron chi connectivity index (χ0n) is 20.7. The number of methoxy groups -OCH3 is 1. The number of nitrogens with zero attached hydrogens (tertiary/aromatic N) is 1. The number of benzene rings is 3. The van der Waals surface area contributed by atoms with Crippen LogP contribution in [0.5, 0.6) is 5.75 Å². The van der Waals surface area contributed by atoms with Crippen LogP contribution < -0.4 is 4.74 Å². The van der Waals surface area contributed by atoms with Gasteiger partial charge in [-0.25, -0.2) is 0 Å². The molecule has 1 amide bonds. The molecular formula is C29H31NO5Si. The van der Waals surface area contributed by atoms with Crippen LogP contribution in [0, 0.1) is 0 Å². The number of fused-ring (bicyclic) bond motifs is 1. The molecule has 1 heterocycles. The highest BCUT2D eigenvalue weighted by Crippen LogP contribution is 2.26. The van der Waals surface area contributed by atoms with E-state index in [0.29, 0.717) is 24.4 Å². The van der Waals surface area contributed by atoms with Gasteiger partial charge in [0.25, 0.3) is 5.91 Å². The second-order valence-corrected chi connectivity index (χ2v) is 12.2. The normalized spacial score (nSPS) is 11.9. The van der Waals surface area contributed by atoms with Crippen LogP contribution in [-0.4, -0.2) is 36.1 Å². The standard InChI is InChI=1S/C29H31NO5Si/c1-21(2)36(32,33)15-14-22-10-7-11-24(16-22)20-30(19-23-8-5-4-6-9-23)29(31)28-18-25-17-26(34-3)12-13-27(25)35-28/h4-18,21,32-33H,19-20H2,1-3H3. The molecule has 0 saturated carbocycles. The van der Waals surface area contributed by atoms with Crippen molar-refractivity contribution in [1.82, 2.24) is 4.90 Å². The molecule has 0 fully saturated rings. The van der Waals surface area contributed by atoms with Gasteiger partial charge in [0, 0.05) is 24.0 Å². The van der Waals surface area contributed by atoms with Gasteiger partial charge in [0.2, 0.25) is 0 Å². The summed E-state index contributed by atoms with van der Waals surface area (Å²) in [5.74, 6) is 0.744. The van der Waals surface area contributed by atoms with Crippen LogP contribution in [0.25, 0.3) is 17.0 Å². The highest BCUT2D eigenvalue weighted by atomic mass is 28.4. The molecule has 186 valence electrons. The van der Waals surface area contributed by atoms with E-state index in [1.54, 1.807) is 50.1 Å². The van der Waals surface area contributed by atoms with Gasteiger partial charge in [-0.3, -0.25) is 4.79 Å². The largest absolute Gasteiger partial charge is 0.497 e. The summed E-state index contributed by atoms with van der Waals surface area (Å²) in [5.41, 5.74) is 4.71. The minimum atomic E-state index is -3.42. The van der Waals surface area contributed by atoms with Crippen molar-refractivity contribution in [2.24, 2.45) is 0 Å². The zero-order valence-corrected chi connectivity index (χ0v) is 21.7. The Bertz CT molecular complexity index is 1360. The first kappa shape index (κ1) is 25.4. The number of amides is 1. The average molecular weight is 502 g/mol. The fraction of sp³-hybridized carbons (Fsp3) is 0.207. The topological polar surface area (TPSA) is 83.1 Å². The molecule has 0 atom stereocenters. The highest BCUT2D eigenvalue weighted by molar-refractivity contribution is 6.72. The van der Waals surface area contributed by atoms with E-state index in [0.717, 1.165) is 22.1 Å². The Kier molecular flexibility index (Phi) is 7.74. The Balaban J connectivity index is 1.62. The summed E-state index contributed by atoms with van der Waals surface area (Å²) in [6, 6.07) is 24.7. The lowest BCUT2D eigenvalue weighted by Crippen LogP contribution is -2.35. The Hall–Kier alpha value is -3.65. The molecule has 1 aromatic heterocycles. The first-order valence-electron chi connectivity index (χ1n) is 11.9. The van der Waals surface area contributed by atoms with E-state index >= 15 is 0 Å². The van der Waals surface area contributed by atoms with Crippen LogP contribution in [0.15, 0.2) is 89.0 Å². The molecular weight excluding hydrogens is 470 g/mol. The number of furan rings is 1. The average Bonchev–Trinajstić information content (AvgIpc) is 3.31. The van der Waals surface area contributed by atoms with Gasteiger partial charge in [0.1, 0.15) is 11.3 Å². The van der Waals surface area contributed by atoms with Crippen molar-refractivity contribution in [3.05, 3.63) is 107 Å². The Morgan fingerprint density at radius 3 is 2.42 bits per heavy atom. The fourth-order valence-corrected chi connectivity index (χ4v) is 4.66. The van der Waals surface area contributed by atoms with E-state index in [9.17, 15) is 14.4 Å². The summed E-state index contributed by atoms with van der Waals surface area (Å²) in [6.45, 7) is 4.37. The molecule has 0 saturated heterocycles. The first-order valence-corrected chi connectivity index (χ1v) is 13.9. The quantitative estimate of drug-likeness (QED) is 0.289. The summed E-state index contributed by atoms with van der Waals surface area (Å²) in [6.07, 6.45) is 1.74. The van der Waals surface area contributed by atoms with Crippen LogP contribution in [0.2, 0.25) is 5.54 Å². The summed E-state index contributed by atoms with van der Waals surface area (Å²) in [4.78, 5) is 35.9. The van der Waals surface area contributed by atoms with Crippen LogP contribution in [0.1, 0.15) is 41.1 Å². The molecule has 6 nitrogen and oxygen atoms in total. The number of rotatable bonds is 9. The third kappa shape index (κ3) is 6.12. The maximum absolute atomic E-state index is 13.6. The van der Waals surface area contributed by atoms with Crippen molar-refractivity contribution in [2.75, 3.05) is 7.11 Å². The molecule has 7 heteroatoms. The van der Waals surface area contributed by atoms with E-state index in [1.165, 1.54) is 5.70 Å². The first-order chi connectivity index (χ1) is 17.2. The predicted octanol–water partition coefficient (Wildman–Crippen LogP) is 5.67. The van der Waals surface area contributed by atoms with Crippen LogP contribution in [0.3, 0.4) is 0 Å². The summed E-state index contributed by atoms with van der Waals surface area (Å²) in [7, 11) is -1.81. The Morgan fingerprint density at radius 2 is 1.69 bits per heavy atom. The van der Waals surface area contributed by atoms with Gasteiger partial charge >= 0.3 is 8.56 Å². The molecule has 2 N–H and O–H groups in total. The van der Waals surface area contributed by atoms with Crippen molar-refractivity contribution in [3.8, 4) is 5.75 Å². The van der Waals surface area contributed by atoms with Crippen molar-refractivity contribution in [3.63, 3.8) is 0 Å². The summed E-state index contributed by atoms with van der Waals surface area (Å²) >= 11 is 0. The van der Waals surface area contributed by atoms with Crippen LogP contribution >= 0.6 is 0 Å². The second kappa shape index (κ2) is 10.9. The lowest BCUT2D eigenvalue weighted by Gasteiger charge is -2.22. The minimum Gasteiger partial charge on any atom is -0.497 e. The molecule has 0 aliphatic carbocycles. The second-order valence-electron chi connectivity index (χ2n) is 9.18. The van der Waals surface area contributed by atoms with E-state index < -0.39 is 8.56 Å². The van der Waals surface area contributed by atoms with Gasteiger partial charge in [-0.05, 0) is 52.7 Å². The van der Waals surface area contributed by atoms with Crippen LogP contribution in [-0.2, 0) is 13.1 Å². The maximum Gasteiger partial charge on any atom is 0.362 e. The van der Waals surface area contributed by atoms with Gasteiger partial charge in [-0.1, -0.05) is 68.5 Å². The molecule has 0 spiro atoms. The van der Waals surface area contributed by atoms with Crippen LogP contribution in [0.4, 0.5) is 0 Å². The molecule has 36 heavy (non-hydrogen) atoms. The third-order valence-corrected chi connectivity index (χ3v) is 8.49. The molecule has 3 aromatic carbocycles. The maximum atomic E-state index is 13.6. The smallest absolute Gasteiger partial charge is 0.362 e. The van der Waals surface area contributed by atoms with Crippen molar-refractivity contribution in [2.45, 2.75) is 32.5 Å². The number of carbonyl (C=O) groups excluding carboxylic acids is 1. The molecule has 4 aromatic rings. The summed E-state index contributed by atoms with van der Waals surface area (Å²) < 4.78 is 11.2. The Morgan fingerprint density at radius 1 is 0.972 bits per heavy atom. The summed E-state index contributed by atoms with van der Waals surface area (Å²) in [5, 5.41) is 0.801. The predicted molar refractivity (Wildman–Crippen MR) is 144 cm³/mol. The number of carbonyl (C=O) groups is 1. The molecule has 0 aliphatic heterocycles. The van der Waals surface area contributed by atoms with Gasteiger partial charge in [-0.2, -0.15) is 0 Å². The molecule has 0 aliphatic rings. The molecule has 4 rings (SSSR count). The van der Waals surface area contributed by atoms with Gasteiger partial charge < -0.3 is 23.6 Å². The molecule has 0 radical (unpaired) electrons. The van der Waals surface area contributed by atoms with E-state index in [-0.39, 0.29) is 17.2 Å². The monoisotopic (exact) mass is 501 g/mol. The van der Waals surface area contributed by atoms with E-state index in [1.807, 2.05) is 60.7 Å². The lowest BCUT2D eigenvalue weighted by atomic mass is 10.1. The SMILES string of the molecule is COc1ccc2oc(C(=O)N(Cc3ccccc3)Cc3cccc(C=C[Si](O)(O)C(C)C)c3)cc2c1. The van der Waals surface area contributed by atoms with Gasteiger partial charge in [-0.15, -0.1) is 0 Å². The number of ether oxygens (including phenoxy) is 1. The van der Waals surface area contributed by atoms with Gasteiger partial charge in [0.05, 0.1) is 7.11 Å². The van der Waals surface area contributed by atoms with E-state index in [4.69, 9.17) is 9.15 Å². The van der Waals surface area contributed by atoms with Crippen molar-refractivity contribution >= 4 is 31.5 Å². The van der Waals surface area contributed by atoms with E-state index in [2.05, 4.69) is 0 Å². The number of hydrogen-bond donors (Lipinski definition) is 2. The molecule has 0 bridgehead atoms. The van der Waals surface area contributed by atoms with Crippen molar-refractivity contribution < 1.29 is 23.5 Å². The zero-order chi connectivity index (χ0) is 25.7. The third-order valence-electron chi connectivity index (χ3n) is 6.13. The molecule has 0 unspecified atom stereocenters. The number of hydrogen-bond acceptors (Lipinski definition) is 5. The lowest BCUT2D eigenvalue weighted by molar-refractivity contribution is 0.0700. The highest BCUT2D eigenvalue weighted by Gasteiger charge is 2.30. The Labute approximate surface area is 212 Å². The van der Waals surface area contributed by atoms with Gasteiger partial charge in [0.15, 0.2) is 5.76 Å².